The summed E-state index contributed by atoms with van der Waals surface area (Å²) in [5.41, 5.74) is 12.5. The van der Waals surface area contributed by atoms with E-state index in [2.05, 4.69) is 12.1 Å². The van der Waals surface area contributed by atoms with Crippen molar-refractivity contribution in [3.8, 4) is 16.9 Å². The zero-order chi connectivity index (χ0) is 24.8. The van der Waals surface area contributed by atoms with Crippen LogP contribution in [0.15, 0.2) is 60.2 Å². The maximum Gasteiger partial charge on any atom is 0.310 e. The maximum absolute atomic E-state index is 15.3. The highest BCUT2D eigenvalue weighted by molar-refractivity contribution is 5.79. The molecule has 0 atom stereocenters. The predicted octanol–water partition coefficient (Wildman–Crippen LogP) is 5.22. The molecule has 0 bridgehead atoms. The predicted molar refractivity (Wildman–Crippen MR) is 134 cm³/mol. The summed E-state index contributed by atoms with van der Waals surface area (Å²) in [4.78, 5) is 12.0. The minimum atomic E-state index is -0.297. The molecule has 3 aromatic carbocycles. The standard InChI is InChI=1S/C29H30FNO4/c1-3-34-28(32)15-21-7-4-5-10-27(21)35-18-20-12-23-11-19(17-33-2)13-25(23)26(14-20)24-9-6-8-22(16-31)29(24)30/h4-12,14H,3,13,15-18,31H2,1-2H3. The van der Waals surface area contributed by atoms with Crippen molar-refractivity contribution in [3.05, 3.63) is 93.8 Å². The van der Waals surface area contributed by atoms with Gasteiger partial charge in [-0.15, -0.1) is 0 Å². The van der Waals surface area contributed by atoms with Crippen LogP contribution in [0.25, 0.3) is 17.2 Å². The molecule has 5 nitrogen and oxygen atoms in total. The Morgan fingerprint density at radius 3 is 2.60 bits per heavy atom. The molecular weight excluding hydrogens is 445 g/mol. The van der Waals surface area contributed by atoms with Gasteiger partial charge in [0.15, 0.2) is 0 Å². The SMILES string of the molecule is CCOC(=O)Cc1ccccc1OCc1cc2c(c(-c3cccc(CN)c3F)c1)CC(COC)=C2. The van der Waals surface area contributed by atoms with Gasteiger partial charge in [0.05, 0.1) is 19.6 Å². The molecule has 0 heterocycles. The van der Waals surface area contributed by atoms with Gasteiger partial charge in [-0.1, -0.05) is 42.5 Å². The van der Waals surface area contributed by atoms with Gasteiger partial charge in [0.25, 0.3) is 0 Å². The molecule has 2 N–H and O–H groups in total. The topological polar surface area (TPSA) is 70.8 Å². The van der Waals surface area contributed by atoms with Crippen molar-refractivity contribution in [1.82, 2.24) is 0 Å². The smallest absolute Gasteiger partial charge is 0.310 e. The quantitative estimate of drug-likeness (QED) is 0.407. The summed E-state index contributed by atoms with van der Waals surface area (Å²) in [5, 5.41) is 0. The van der Waals surface area contributed by atoms with Gasteiger partial charge in [0.2, 0.25) is 0 Å². The Morgan fingerprint density at radius 2 is 1.83 bits per heavy atom. The van der Waals surface area contributed by atoms with Crippen LogP contribution in [0.4, 0.5) is 4.39 Å². The van der Waals surface area contributed by atoms with E-state index in [1.807, 2.05) is 36.4 Å². The summed E-state index contributed by atoms with van der Waals surface area (Å²) < 4.78 is 31.9. The van der Waals surface area contributed by atoms with Crippen molar-refractivity contribution in [3.63, 3.8) is 0 Å². The van der Waals surface area contributed by atoms with E-state index in [0.717, 1.165) is 33.4 Å². The van der Waals surface area contributed by atoms with Gasteiger partial charge in [-0.05, 0) is 59.4 Å². The van der Waals surface area contributed by atoms with Gasteiger partial charge in [0, 0.05) is 30.3 Å². The Kier molecular flexibility index (Phi) is 7.95. The highest BCUT2D eigenvalue weighted by atomic mass is 19.1. The molecule has 0 aliphatic heterocycles. The van der Waals surface area contributed by atoms with Crippen LogP contribution in [0, 0.1) is 5.82 Å². The molecule has 182 valence electrons. The number of fused-ring (bicyclic) bond motifs is 1. The molecule has 0 aromatic heterocycles. The summed E-state index contributed by atoms with van der Waals surface area (Å²) >= 11 is 0. The first-order chi connectivity index (χ1) is 17.0. The van der Waals surface area contributed by atoms with Crippen LogP contribution in [-0.2, 0) is 40.3 Å². The zero-order valence-electron chi connectivity index (χ0n) is 20.1. The van der Waals surface area contributed by atoms with E-state index in [1.165, 1.54) is 0 Å². The van der Waals surface area contributed by atoms with E-state index in [4.69, 9.17) is 19.9 Å². The number of methoxy groups -OCH3 is 1. The van der Waals surface area contributed by atoms with Gasteiger partial charge in [-0.2, -0.15) is 0 Å². The molecule has 0 saturated heterocycles. The molecule has 3 aromatic rings. The van der Waals surface area contributed by atoms with Crippen molar-refractivity contribution in [2.45, 2.75) is 32.9 Å². The second kappa shape index (κ2) is 11.3. The van der Waals surface area contributed by atoms with Crippen LogP contribution in [0.2, 0.25) is 0 Å². The lowest BCUT2D eigenvalue weighted by Gasteiger charge is -2.16. The van der Waals surface area contributed by atoms with Gasteiger partial charge in [-0.25, -0.2) is 4.39 Å². The molecule has 0 spiro atoms. The third kappa shape index (κ3) is 5.61. The number of nitrogens with two attached hydrogens (primary N) is 1. The molecule has 1 aliphatic carbocycles. The fourth-order valence-corrected chi connectivity index (χ4v) is 4.45. The largest absolute Gasteiger partial charge is 0.489 e. The van der Waals surface area contributed by atoms with Crippen molar-refractivity contribution >= 4 is 12.0 Å². The van der Waals surface area contributed by atoms with E-state index < -0.39 is 0 Å². The average molecular weight is 476 g/mol. The number of ether oxygens (including phenoxy) is 3. The third-order valence-corrected chi connectivity index (χ3v) is 6.03. The number of halogens is 1. The van der Waals surface area contributed by atoms with E-state index in [1.54, 1.807) is 26.2 Å². The third-order valence-electron chi connectivity index (χ3n) is 6.03. The number of carbonyl (C=O) groups excluding carboxylic acids is 1. The van der Waals surface area contributed by atoms with Crippen LogP contribution in [0.5, 0.6) is 5.75 Å². The summed E-state index contributed by atoms with van der Waals surface area (Å²) in [6.45, 7) is 3.04. The zero-order valence-corrected chi connectivity index (χ0v) is 20.1. The Labute approximate surface area is 205 Å². The van der Waals surface area contributed by atoms with E-state index >= 15 is 4.39 Å². The average Bonchev–Trinajstić information content (AvgIpc) is 3.26. The van der Waals surface area contributed by atoms with Gasteiger partial charge in [-0.3, -0.25) is 4.79 Å². The number of benzene rings is 3. The number of hydrogen-bond donors (Lipinski definition) is 1. The second-order valence-corrected chi connectivity index (χ2v) is 8.48. The van der Waals surface area contributed by atoms with Gasteiger partial charge in [0.1, 0.15) is 18.2 Å². The first-order valence-electron chi connectivity index (χ1n) is 11.7. The number of rotatable bonds is 10. The normalized spacial score (nSPS) is 12.3. The van der Waals surface area contributed by atoms with Crippen molar-refractivity contribution in [1.29, 1.82) is 0 Å². The number of carbonyl (C=O) groups is 1. The second-order valence-electron chi connectivity index (χ2n) is 8.48. The van der Waals surface area contributed by atoms with Crippen LogP contribution < -0.4 is 10.5 Å². The van der Waals surface area contributed by atoms with Gasteiger partial charge >= 0.3 is 5.97 Å². The van der Waals surface area contributed by atoms with Gasteiger partial charge < -0.3 is 19.9 Å². The molecule has 0 amide bonds. The molecule has 0 radical (unpaired) electrons. The van der Waals surface area contributed by atoms with Crippen LogP contribution >= 0.6 is 0 Å². The Morgan fingerprint density at radius 1 is 1.03 bits per heavy atom. The van der Waals surface area contributed by atoms with E-state index in [-0.39, 0.29) is 31.4 Å². The summed E-state index contributed by atoms with van der Waals surface area (Å²) in [5.74, 6) is 0.0270. The van der Waals surface area contributed by atoms with Crippen molar-refractivity contribution in [2.24, 2.45) is 5.73 Å². The molecule has 0 unspecified atom stereocenters. The van der Waals surface area contributed by atoms with Crippen LogP contribution in [0.1, 0.15) is 34.7 Å². The molecule has 6 heteroatoms. The molecule has 0 saturated carbocycles. The number of para-hydroxylation sites is 1. The molecule has 1 aliphatic rings. The Hall–Kier alpha value is -3.48. The Balaban J connectivity index is 1.67. The summed E-state index contributed by atoms with van der Waals surface area (Å²) in [6.07, 6.45) is 2.94. The summed E-state index contributed by atoms with van der Waals surface area (Å²) in [7, 11) is 1.67. The van der Waals surface area contributed by atoms with Crippen molar-refractivity contribution < 1.29 is 23.4 Å². The monoisotopic (exact) mass is 475 g/mol. The first-order valence-corrected chi connectivity index (χ1v) is 11.7. The summed E-state index contributed by atoms with van der Waals surface area (Å²) in [6, 6.07) is 16.8. The van der Waals surface area contributed by atoms with E-state index in [9.17, 15) is 4.79 Å². The minimum Gasteiger partial charge on any atom is -0.489 e. The molecule has 4 rings (SSSR count). The lowest BCUT2D eigenvalue weighted by molar-refractivity contribution is -0.142. The fraction of sp³-hybridized carbons (Fsp3) is 0.276. The molecule has 0 fully saturated rings. The highest BCUT2D eigenvalue weighted by Gasteiger charge is 2.21. The number of hydrogen-bond acceptors (Lipinski definition) is 5. The molecular formula is C29H30FNO4. The first kappa shape index (κ1) is 24.6. The van der Waals surface area contributed by atoms with Crippen LogP contribution in [0.3, 0.4) is 0 Å². The maximum atomic E-state index is 15.3. The van der Waals surface area contributed by atoms with E-state index in [0.29, 0.717) is 36.5 Å². The molecule has 35 heavy (non-hydrogen) atoms. The fourth-order valence-electron chi connectivity index (χ4n) is 4.45. The lowest BCUT2D eigenvalue weighted by Crippen LogP contribution is -2.09. The minimum absolute atomic E-state index is 0.134. The van der Waals surface area contributed by atoms with Crippen LogP contribution in [-0.4, -0.2) is 26.3 Å². The van der Waals surface area contributed by atoms with Crippen molar-refractivity contribution in [2.75, 3.05) is 20.3 Å². The Bertz CT molecular complexity index is 1250. The highest BCUT2D eigenvalue weighted by Crippen LogP contribution is 2.37. The lowest BCUT2D eigenvalue weighted by atomic mass is 9.92. The number of esters is 1.